The summed E-state index contributed by atoms with van der Waals surface area (Å²) in [5.74, 6) is 0. The van der Waals surface area contributed by atoms with Crippen LogP contribution in [0.1, 0.15) is 32.3 Å². The Balaban J connectivity index is 2.61. The molecule has 1 aromatic rings. The van der Waals surface area contributed by atoms with E-state index in [4.69, 9.17) is 4.74 Å². The molecule has 1 N–H and O–H groups in total. The van der Waals surface area contributed by atoms with E-state index in [1.54, 1.807) is 7.11 Å². The molecule has 1 heterocycles. The van der Waals surface area contributed by atoms with Crippen molar-refractivity contribution in [3.8, 4) is 0 Å². The van der Waals surface area contributed by atoms with Gasteiger partial charge >= 0.3 is 0 Å². The van der Waals surface area contributed by atoms with Crippen molar-refractivity contribution in [2.75, 3.05) is 13.7 Å². The lowest BCUT2D eigenvalue weighted by Gasteiger charge is -2.25. The Morgan fingerprint density at radius 3 is 2.71 bits per heavy atom. The monoisotopic (exact) mass is 239 g/mol. The summed E-state index contributed by atoms with van der Waals surface area (Å²) in [5, 5.41) is 7.78. The number of nitrogens with one attached hydrogen (secondary N) is 1. The molecule has 0 radical (unpaired) electrons. The SMILES string of the molecule is CCCNC(Cc1cnn(C)c1)C(CC)OC. The zero-order valence-corrected chi connectivity index (χ0v) is 11.4. The first-order valence-electron chi connectivity index (χ1n) is 6.44. The largest absolute Gasteiger partial charge is 0.380 e. The minimum Gasteiger partial charge on any atom is -0.380 e. The number of hydrogen-bond acceptors (Lipinski definition) is 3. The minimum absolute atomic E-state index is 0.266. The van der Waals surface area contributed by atoms with Gasteiger partial charge in [-0.05, 0) is 31.4 Å². The Hall–Kier alpha value is -0.870. The maximum atomic E-state index is 5.55. The van der Waals surface area contributed by atoms with E-state index in [0.29, 0.717) is 6.04 Å². The molecule has 0 aliphatic heterocycles. The van der Waals surface area contributed by atoms with Gasteiger partial charge in [0.15, 0.2) is 0 Å². The Labute approximate surface area is 104 Å². The second-order valence-corrected chi connectivity index (χ2v) is 4.47. The number of hydrogen-bond donors (Lipinski definition) is 1. The molecule has 0 bridgehead atoms. The molecule has 0 aromatic carbocycles. The van der Waals surface area contributed by atoms with E-state index in [1.165, 1.54) is 5.56 Å². The zero-order valence-electron chi connectivity index (χ0n) is 11.4. The van der Waals surface area contributed by atoms with Gasteiger partial charge in [-0.1, -0.05) is 13.8 Å². The molecule has 1 rings (SSSR count). The van der Waals surface area contributed by atoms with Gasteiger partial charge in [0, 0.05) is 26.4 Å². The Morgan fingerprint density at radius 2 is 2.24 bits per heavy atom. The number of methoxy groups -OCH3 is 1. The van der Waals surface area contributed by atoms with Gasteiger partial charge in [0.25, 0.3) is 0 Å². The van der Waals surface area contributed by atoms with Gasteiger partial charge in [-0.2, -0.15) is 5.10 Å². The van der Waals surface area contributed by atoms with Gasteiger partial charge in [-0.25, -0.2) is 0 Å². The second-order valence-electron chi connectivity index (χ2n) is 4.47. The zero-order chi connectivity index (χ0) is 12.7. The highest BCUT2D eigenvalue weighted by Gasteiger charge is 2.19. The minimum atomic E-state index is 0.266. The molecule has 0 aliphatic carbocycles. The summed E-state index contributed by atoms with van der Waals surface area (Å²) in [6.45, 7) is 5.38. The van der Waals surface area contributed by atoms with E-state index < -0.39 is 0 Å². The molecule has 4 heteroatoms. The van der Waals surface area contributed by atoms with Crippen molar-refractivity contribution in [2.45, 2.75) is 45.3 Å². The van der Waals surface area contributed by atoms with Crippen LogP contribution in [0.15, 0.2) is 12.4 Å². The van der Waals surface area contributed by atoms with E-state index in [9.17, 15) is 0 Å². The van der Waals surface area contributed by atoms with E-state index in [-0.39, 0.29) is 6.10 Å². The second kappa shape index (κ2) is 7.45. The van der Waals surface area contributed by atoms with Crippen LogP contribution in [0.3, 0.4) is 0 Å². The predicted octanol–water partition coefficient (Wildman–Crippen LogP) is 1.76. The number of aromatic nitrogens is 2. The maximum absolute atomic E-state index is 5.55. The summed E-state index contributed by atoms with van der Waals surface area (Å²) in [4.78, 5) is 0. The number of ether oxygens (including phenoxy) is 1. The molecule has 0 amide bonds. The van der Waals surface area contributed by atoms with E-state index in [2.05, 4.69) is 30.5 Å². The van der Waals surface area contributed by atoms with Crippen LogP contribution < -0.4 is 5.32 Å². The third-order valence-electron chi connectivity index (χ3n) is 3.02. The topological polar surface area (TPSA) is 39.1 Å². The van der Waals surface area contributed by atoms with E-state index in [0.717, 1.165) is 25.8 Å². The van der Waals surface area contributed by atoms with Crippen LogP contribution in [0, 0.1) is 0 Å². The molecule has 1 aromatic heterocycles. The van der Waals surface area contributed by atoms with Crippen LogP contribution in [0.5, 0.6) is 0 Å². The molecular weight excluding hydrogens is 214 g/mol. The fourth-order valence-electron chi connectivity index (χ4n) is 2.11. The average molecular weight is 239 g/mol. The first kappa shape index (κ1) is 14.2. The summed E-state index contributed by atoms with van der Waals surface area (Å²) < 4.78 is 7.40. The quantitative estimate of drug-likeness (QED) is 0.751. The maximum Gasteiger partial charge on any atom is 0.0724 e. The Bertz CT molecular complexity index is 307. The Kier molecular flexibility index (Phi) is 6.22. The van der Waals surface area contributed by atoms with Gasteiger partial charge < -0.3 is 10.1 Å². The Morgan fingerprint density at radius 1 is 1.47 bits per heavy atom. The van der Waals surface area contributed by atoms with Crippen molar-refractivity contribution in [1.29, 1.82) is 0 Å². The molecule has 4 nitrogen and oxygen atoms in total. The van der Waals surface area contributed by atoms with Crippen LogP contribution in [0.25, 0.3) is 0 Å². The normalized spacial score (nSPS) is 14.8. The number of nitrogens with zero attached hydrogens (tertiary/aromatic N) is 2. The molecule has 98 valence electrons. The van der Waals surface area contributed by atoms with E-state index >= 15 is 0 Å². The fraction of sp³-hybridized carbons (Fsp3) is 0.769. The molecule has 0 saturated carbocycles. The molecule has 0 saturated heterocycles. The van der Waals surface area contributed by atoms with Gasteiger partial charge in [-0.3, -0.25) is 4.68 Å². The third kappa shape index (κ3) is 4.48. The lowest BCUT2D eigenvalue weighted by molar-refractivity contribution is 0.0653. The molecule has 0 fully saturated rings. The van der Waals surface area contributed by atoms with Crippen molar-refractivity contribution < 1.29 is 4.74 Å². The van der Waals surface area contributed by atoms with Gasteiger partial charge in [0.05, 0.1) is 12.3 Å². The molecule has 0 spiro atoms. The summed E-state index contributed by atoms with van der Waals surface area (Å²) in [6, 6.07) is 0.370. The smallest absolute Gasteiger partial charge is 0.0724 e. The highest BCUT2D eigenvalue weighted by atomic mass is 16.5. The molecule has 17 heavy (non-hydrogen) atoms. The predicted molar refractivity (Wildman–Crippen MR) is 70.1 cm³/mol. The first-order chi connectivity index (χ1) is 8.21. The van der Waals surface area contributed by atoms with Crippen LogP contribution in [-0.2, 0) is 18.2 Å². The molecule has 2 atom stereocenters. The summed E-state index contributed by atoms with van der Waals surface area (Å²) in [5.41, 5.74) is 1.26. The van der Waals surface area contributed by atoms with Crippen LogP contribution >= 0.6 is 0 Å². The van der Waals surface area contributed by atoms with Crippen molar-refractivity contribution in [3.63, 3.8) is 0 Å². The van der Waals surface area contributed by atoms with Gasteiger partial charge in [0.2, 0.25) is 0 Å². The highest BCUT2D eigenvalue weighted by molar-refractivity contribution is 5.07. The summed E-state index contributed by atoms with van der Waals surface area (Å²) in [7, 11) is 3.74. The van der Waals surface area contributed by atoms with Crippen molar-refractivity contribution in [3.05, 3.63) is 18.0 Å². The summed E-state index contributed by atoms with van der Waals surface area (Å²) in [6.07, 6.45) is 7.41. The third-order valence-corrected chi connectivity index (χ3v) is 3.02. The number of rotatable bonds is 8. The lowest BCUT2D eigenvalue weighted by atomic mass is 10.0. The first-order valence-corrected chi connectivity index (χ1v) is 6.44. The number of aryl methyl sites for hydroxylation is 1. The van der Waals surface area contributed by atoms with Crippen molar-refractivity contribution in [2.24, 2.45) is 7.05 Å². The van der Waals surface area contributed by atoms with E-state index in [1.807, 2.05) is 17.9 Å². The van der Waals surface area contributed by atoms with Crippen LogP contribution in [0.4, 0.5) is 0 Å². The van der Waals surface area contributed by atoms with Crippen LogP contribution in [0.2, 0.25) is 0 Å². The standard InChI is InChI=1S/C13H25N3O/c1-5-7-14-12(13(6-2)17-4)8-11-9-15-16(3)10-11/h9-10,12-14H,5-8H2,1-4H3. The average Bonchev–Trinajstić information content (AvgIpc) is 2.73. The molecular formula is C13H25N3O. The van der Waals surface area contributed by atoms with Gasteiger partial charge in [0.1, 0.15) is 0 Å². The summed E-state index contributed by atoms with van der Waals surface area (Å²) >= 11 is 0. The van der Waals surface area contributed by atoms with Crippen molar-refractivity contribution in [1.82, 2.24) is 15.1 Å². The lowest BCUT2D eigenvalue weighted by Crippen LogP contribution is -2.42. The van der Waals surface area contributed by atoms with Gasteiger partial charge in [-0.15, -0.1) is 0 Å². The fourth-order valence-corrected chi connectivity index (χ4v) is 2.11. The van der Waals surface area contributed by atoms with Crippen molar-refractivity contribution >= 4 is 0 Å². The highest BCUT2D eigenvalue weighted by Crippen LogP contribution is 2.10. The molecule has 2 unspecified atom stereocenters. The van der Waals surface area contributed by atoms with Crippen LogP contribution in [-0.4, -0.2) is 35.6 Å². The molecule has 0 aliphatic rings.